The molecule has 5 heteroatoms. The Morgan fingerprint density at radius 3 is 1.81 bits per heavy atom. The molecule has 0 spiro atoms. The van der Waals surface area contributed by atoms with E-state index in [1.807, 2.05) is 0 Å². The lowest BCUT2D eigenvalue weighted by Crippen LogP contribution is -2.28. The number of carbonyl (C=O) groups is 2. The Labute approximate surface area is 221 Å². The van der Waals surface area contributed by atoms with Crippen molar-refractivity contribution in [2.45, 2.75) is 136 Å². The van der Waals surface area contributed by atoms with Gasteiger partial charge in [-0.2, -0.15) is 0 Å². The van der Waals surface area contributed by atoms with Crippen molar-refractivity contribution in [3.8, 4) is 0 Å². The van der Waals surface area contributed by atoms with Gasteiger partial charge in [0.1, 0.15) is 6.61 Å². The average molecular weight is 507 g/mol. The van der Waals surface area contributed by atoms with Crippen molar-refractivity contribution in [1.29, 1.82) is 0 Å². The second-order valence-electron chi connectivity index (χ2n) is 9.45. The van der Waals surface area contributed by atoms with Crippen molar-refractivity contribution in [1.82, 2.24) is 0 Å². The van der Waals surface area contributed by atoms with E-state index < -0.39 is 6.10 Å². The summed E-state index contributed by atoms with van der Waals surface area (Å²) < 4.78 is 10.5. The number of aliphatic hydroxyl groups is 1. The highest BCUT2D eigenvalue weighted by molar-refractivity contribution is 5.70. The van der Waals surface area contributed by atoms with Crippen LogP contribution in [0.3, 0.4) is 0 Å². The highest BCUT2D eigenvalue weighted by Crippen LogP contribution is 2.11. The SMILES string of the molecule is CC/C=C\C/C=C\C/C=C\CCCCCC(=O)OC(CO)COC(=O)CCCCCCCCCCC. The minimum absolute atomic E-state index is 0.0768. The van der Waals surface area contributed by atoms with Crippen LogP contribution in [0, 0.1) is 0 Å². The molecule has 1 N–H and O–H groups in total. The van der Waals surface area contributed by atoms with Crippen LogP contribution in [-0.2, 0) is 19.1 Å². The van der Waals surface area contributed by atoms with E-state index in [0.717, 1.165) is 64.2 Å². The zero-order valence-electron chi connectivity index (χ0n) is 23.3. The molecule has 208 valence electrons. The van der Waals surface area contributed by atoms with Gasteiger partial charge < -0.3 is 14.6 Å². The van der Waals surface area contributed by atoms with Crippen LogP contribution in [0.4, 0.5) is 0 Å². The molecule has 0 saturated heterocycles. The van der Waals surface area contributed by atoms with Gasteiger partial charge in [-0.25, -0.2) is 0 Å². The second kappa shape index (κ2) is 27.7. The zero-order valence-corrected chi connectivity index (χ0v) is 23.3. The number of ether oxygens (including phenoxy) is 2. The summed E-state index contributed by atoms with van der Waals surface area (Å²) in [6.07, 6.45) is 30.5. The first-order valence-corrected chi connectivity index (χ1v) is 14.5. The molecular formula is C31H54O5. The molecular weight excluding hydrogens is 452 g/mol. The fraction of sp³-hybridized carbons (Fsp3) is 0.742. The number of esters is 2. The van der Waals surface area contributed by atoms with E-state index in [0.29, 0.717) is 12.8 Å². The Balaban J connectivity index is 3.69. The lowest BCUT2D eigenvalue weighted by molar-refractivity contribution is -0.161. The molecule has 0 radical (unpaired) electrons. The van der Waals surface area contributed by atoms with Gasteiger partial charge in [-0.15, -0.1) is 0 Å². The Morgan fingerprint density at radius 1 is 0.667 bits per heavy atom. The molecule has 0 amide bonds. The Bertz CT molecular complexity index is 594. The normalized spacial score (nSPS) is 12.6. The monoisotopic (exact) mass is 506 g/mol. The number of allylic oxidation sites excluding steroid dienone is 6. The number of aliphatic hydroxyl groups excluding tert-OH is 1. The van der Waals surface area contributed by atoms with Crippen molar-refractivity contribution < 1.29 is 24.2 Å². The summed E-state index contributed by atoms with van der Waals surface area (Å²) in [6, 6.07) is 0. The minimum Gasteiger partial charge on any atom is -0.462 e. The standard InChI is InChI=1S/C31H54O5/c1-3-5-7-9-11-13-14-15-16-18-20-22-24-26-31(34)36-29(27-32)28-35-30(33)25-23-21-19-17-12-10-8-6-4-2/h5,7,11,13,15-16,29,32H,3-4,6,8-10,12,14,17-28H2,1-2H3/b7-5-,13-11-,16-15-. The van der Waals surface area contributed by atoms with Gasteiger partial charge in [0.25, 0.3) is 0 Å². The van der Waals surface area contributed by atoms with Crippen LogP contribution in [0.15, 0.2) is 36.5 Å². The van der Waals surface area contributed by atoms with Gasteiger partial charge in [-0.1, -0.05) is 108 Å². The van der Waals surface area contributed by atoms with Crippen LogP contribution >= 0.6 is 0 Å². The van der Waals surface area contributed by atoms with Gasteiger partial charge in [-0.05, 0) is 44.9 Å². The van der Waals surface area contributed by atoms with Crippen molar-refractivity contribution in [2.24, 2.45) is 0 Å². The molecule has 0 aliphatic carbocycles. The summed E-state index contributed by atoms with van der Waals surface area (Å²) in [5.74, 6) is -0.633. The fourth-order valence-corrected chi connectivity index (χ4v) is 3.74. The van der Waals surface area contributed by atoms with E-state index in [-0.39, 0.29) is 25.2 Å². The second-order valence-corrected chi connectivity index (χ2v) is 9.45. The Hall–Kier alpha value is -1.88. The zero-order chi connectivity index (χ0) is 26.5. The van der Waals surface area contributed by atoms with Crippen LogP contribution in [0.1, 0.15) is 129 Å². The van der Waals surface area contributed by atoms with Gasteiger partial charge in [-0.3, -0.25) is 9.59 Å². The van der Waals surface area contributed by atoms with E-state index >= 15 is 0 Å². The molecule has 0 fully saturated rings. The molecule has 0 aromatic carbocycles. The highest BCUT2D eigenvalue weighted by Gasteiger charge is 2.16. The fourth-order valence-electron chi connectivity index (χ4n) is 3.74. The average Bonchev–Trinajstić information content (AvgIpc) is 2.88. The van der Waals surface area contributed by atoms with E-state index in [1.54, 1.807) is 0 Å². The quantitative estimate of drug-likeness (QED) is 0.0768. The summed E-state index contributed by atoms with van der Waals surface area (Å²) in [4.78, 5) is 23.9. The first-order chi connectivity index (χ1) is 17.6. The number of hydrogen-bond donors (Lipinski definition) is 1. The lowest BCUT2D eigenvalue weighted by Gasteiger charge is -2.15. The number of hydrogen-bond acceptors (Lipinski definition) is 5. The van der Waals surface area contributed by atoms with E-state index in [1.165, 1.54) is 38.5 Å². The number of rotatable bonds is 25. The van der Waals surface area contributed by atoms with Crippen molar-refractivity contribution in [3.05, 3.63) is 36.5 Å². The first-order valence-electron chi connectivity index (χ1n) is 14.5. The summed E-state index contributed by atoms with van der Waals surface area (Å²) in [5.41, 5.74) is 0. The van der Waals surface area contributed by atoms with Gasteiger partial charge >= 0.3 is 11.9 Å². The van der Waals surface area contributed by atoms with Crippen molar-refractivity contribution >= 4 is 11.9 Å². The molecule has 0 aromatic heterocycles. The molecule has 1 atom stereocenters. The summed E-state index contributed by atoms with van der Waals surface area (Å²) in [6.45, 7) is 3.94. The van der Waals surface area contributed by atoms with Gasteiger partial charge in [0, 0.05) is 12.8 Å². The van der Waals surface area contributed by atoms with Crippen LogP contribution in [0.5, 0.6) is 0 Å². The van der Waals surface area contributed by atoms with E-state index in [2.05, 4.69) is 50.3 Å². The first kappa shape index (κ1) is 34.1. The lowest BCUT2D eigenvalue weighted by atomic mass is 10.1. The third-order valence-electron chi connectivity index (χ3n) is 5.95. The maximum atomic E-state index is 12.0. The maximum Gasteiger partial charge on any atom is 0.306 e. The largest absolute Gasteiger partial charge is 0.462 e. The van der Waals surface area contributed by atoms with Gasteiger partial charge in [0.15, 0.2) is 6.10 Å². The van der Waals surface area contributed by atoms with Crippen LogP contribution in [-0.4, -0.2) is 36.4 Å². The summed E-state index contributed by atoms with van der Waals surface area (Å²) >= 11 is 0. The van der Waals surface area contributed by atoms with E-state index in [9.17, 15) is 14.7 Å². The van der Waals surface area contributed by atoms with Crippen molar-refractivity contribution in [3.63, 3.8) is 0 Å². The number of carbonyl (C=O) groups excluding carboxylic acids is 2. The van der Waals surface area contributed by atoms with Crippen LogP contribution < -0.4 is 0 Å². The van der Waals surface area contributed by atoms with Crippen LogP contribution in [0.2, 0.25) is 0 Å². The molecule has 0 rings (SSSR count). The topological polar surface area (TPSA) is 72.8 Å². The molecule has 0 heterocycles. The molecule has 0 aromatic rings. The molecule has 5 nitrogen and oxygen atoms in total. The molecule has 0 bridgehead atoms. The Kier molecular flexibility index (Phi) is 26.3. The van der Waals surface area contributed by atoms with E-state index in [4.69, 9.17) is 9.47 Å². The molecule has 0 aliphatic heterocycles. The highest BCUT2D eigenvalue weighted by atomic mass is 16.6. The van der Waals surface area contributed by atoms with Crippen LogP contribution in [0.25, 0.3) is 0 Å². The molecule has 1 unspecified atom stereocenters. The third-order valence-corrected chi connectivity index (χ3v) is 5.95. The predicted molar refractivity (Wildman–Crippen MR) is 150 cm³/mol. The number of unbranched alkanes of at least 4 members (excludes halogenated alkanes) is 11. The molecule has 36 heavy (non-hydrogen) atoms. The van der Waals surface area contributed by atoms with Gasteiger partial charge in [0.05, 0.1) is 6.61 Å². The predicted octanol–water partition coefficient (Wildman–Crippen LogP) is 8.16. The van der Waals surface area contributed by atoms with Crippen molar-refractivity contribution in [2.75, 3.05) is 13.2 Å². The summed E-state index contributed by atoms with van der Waals surface area (Å²) in [5, 5.41) is 9.44. The molecule has 0 aliphatic rings. The maximum absolute atomic E-state index is 12.0. The van der Waals surface area contributed by atoms with Gasteiger partial charge in [0.2, 0.25) is 0 Å². The third kappa shape index (κ3) is 25.2. The Morgan fingerprint density at radius 2 is 1.19 bits per heavy atom. The molecule has 0 saturated carbocycles. The smallest absolute Gasteiger partial charge is 0.306 e. The summed E-state index contributed by atoms with van der Waals surface area (Å²) in [7, 11) is 0. The minimum atomic E-state index is -0.780.